The summed E-state index contributed by atoms with van der Waals surface area (Å²) in [5, 5.41) is 0. The van der Waals surface area contributed by atoms with Gasteiger partial charge in [-0.05, 0) is 18.9 Å². The molecule has 6 nitrogen and oxygen atoms in total. The van der Waals surface area contributed by atoms with E-state index in [0.29, 0.717) is 25.9 Å². The Bertz CT molecular complexity index is 602. The van der Waals surface area contributed by atoms with Gasteiger partial charge in [0.1, 0.15) is 4.90 Å². The monoisotopic (exact) mass is 375 g/mol. The van der Waals surface area contributed by atoms with Gasteiger partial charge in [-0.3, -0.25) is 0 Å². The van der Waals surface area contributed by atoms with E-state index in [1.807, 2.05) is 0 Å². The minimum atomic E-state index is -4.47. The van der Waals surface area contributed by atoms with Crippen molar-refractivity contribution in [1.82, 2.24) is 9.29 Å². The van der Waals surface area contributed by atoms with Gasteiger partial charge in [-0.15, -0.1) is 12.4 Å². The van der Waals surface area contributed by atoms with Gasteiger partial charge >= 0.3 is 6.18 Å². The highest BCUT2D eigenvalue weighted by atomic mass is 35.5. The molecule has 2 N–H and O–H groups in total. The standard InChI is InChI=1S/C12H16F3N3O3S.ClH/c13-12(14,15)8-21-11-2-1-10(7-17-11)22(19,20)18-5-3-9(16)4-6-18;/h1-2,7,9H,3-6,8,16H2;1H. The molecule has 1 aromatic heterocycles. The molecule has 0 amide bonds. The summed E-state index contributed by atoms with van der Waals surface area (Å²) in [4.78, 5) is 3.52. The van der Waals surface area contributed by atoms with E-state index in [4.69, 9.17) is 5.73 Å². The summed E-state index contributed by atoms with van der Waals surface area (Å²) < 4.78 is 66.5. The fraction of sp³-hybridized carbons (Fsp3) is 0.583. The minimum Gasteiger partial charge on any atom is -0.468 e. The SMILES string of the molecule is Cl.NC1CCN(S(=O)(=O)c2ccc(OCC(F)(F)F)nc2)CC1. The van der Waals surface area contributed by atoms with Crippen LogP contribution in [0.2, 0.25) is 0 Å². The molecule has 132 valence electrons. The Hall–Kier alpha value is -1.10. The number of pyridine rings is 1. The molecule has 0 spiro atoms. The van der Waals surface area contributed by atoms with E-state index in [9.17, 15) is 21.6 Å². The topological polar surface area (TPSA) is 85.5 Å². The number of aromatic nitrogens is 1. The lowest BCUT2D eigenvalue weighted by atomic mass is 10.1. The first-order valence-corrected chi connectivity index (χ1v) is 8.04. The van der Waals surface area contributed by atoms with Gasteiger partial charge in [0.15, 0.2) is 6.61 Å². The Balaban J connectivity index is 0.00000264. The molecule has 0 bridgehead atoms. The number of rotatable bonds is 4. The molecule has 23 heavy (non-hydrogen) atoms. The first-order valence-electron chi connectivity index (χ1n) is 6.60. The van der Waals surface area contributed by atoms with Crippen molar-refractivity contribution in [1.29, 1.82) is 0 Å². The van der Waals surface area contributed by atoms with Gasteiger partial charge < -0.3 is 10.5 Å². The summed E-state index contributed by atoms with van der Waals surface area (Å²) in [6, 6.07) is 2.28. The Kier molecular flexibility index (Phi) is 6.63. The molecular formula is C12H17ClF3N3O3S. The van der Waals surface area contributed by atoms with Crippen LogP contribution in [0.5, 0.6) is 5.88 Å². The van der Waals surface area contributed by atoms with Crippen LogP contribution in [-0.4, -0.2) is 49.6 Å². The van der Waals surface area contributed by atoms with Crippen molar-refractivity contribution in [3.63, 3.8) is 0 Å². The zero-order valence-electron chi connectivity index (χ0n) is 12.0. The van der Waals surface area contributed by atoms with Crippen molar-refractivity contribution >= 4 is 22.4 Å². The normalized spacial score (nSPS) is 17.6. The highest BCUT2D eigenvalue weighted by molar-refractivity contribution is 7.89. The third kappa shape index (κ3) is 5.48. The maximum absolute atomic E-state index is 12.3. The highest BCUT2D eigenvalue weighted by Gasteiger charge is 2.30. The molecule has 0 aromatic carbocycles. The highest BCUT2D eigenvalue weighted by Crippen LogP contribution is 2.22. The molecule has 11 heteroatoms. The average molecular weight is 376 g/mol. The molecule has 1 aromatic rings. The van der Waals surface area contributed by atoms with Crippen LogP contribution < -0.4 is 10.5 Å². The summed E-state index contributed by atoms with van der Waals surface area (Å²) in [6.45, 7) is -0.845. The van der Waals surface area contributed by atoms with Crippen molar-refractivity contribution in [2.45, 2.75) is 30.0 Å². The van der Waals surface area contributed by atoms with Crippen LogP contribution in [0.1, 0.15) is 12.8 Å². The van der Waals surface area contributed by atoms with Gasteiger partial charge in [-0.25, -0.2) is 13.4 Å². The van der Waals surface area contributed by atoms with E-state index in [0.717, 1.165) is 12.3 Å². The number of alkyl halides is 3. The zero-order chi connectivity index (χ0) is 16.4. The Morgan fingerprint density at radius 2 is 1.91 bits per heavy atom. The predicted molar refractivity (Wildman–Crippen MR) is 79.0 cm³/mol. The van der Waals surface area contributed by atoms with E-state index in [-0.39, 0.29) is 29.2 Å². The molecule has 0 atom stereocenters. The second-order valence-corrected chi connectivity index (χ2v) is 6.92. The third-order valence-electron chi connectivity index (χ3n) is 3.23. The smallest absolute Gasteiger partial charge is 0.422 e. The van der Waals surface area contributed by atoms with Crippen molar-refractivity contribution in [3.8, 4) is 5.88 Å². The van der Waals surface area contributed by atoms with Gasteiger partial charge in [0.2, 0.25) is 15.9 Å². The largest absolute Gasteiger partial charge is 0.468 e. The number of piperidine rings is 1. The van der Waals surface area contributed by atoms with Gasteiger partial charge in [-0.1, -0.05) is 0 Å². The number of nitrogens with zero attached hydrogens (tertiary/aromatic N) is 2. The fourth-order valence-electron chi connectivity index (χ4n) is 2.03. The number of hydrogen-bond donors (Lipinski definition) is 1. The molecule has 1 fully saturated rings. The lowest BCUT2D eigenvalue weighted by molar-refractivity contribution is -0.154. The average Bonchev–Trinajstić information content (AvgIpc) is 2.45. The molecule has 1 aliphatic rings. The van der Waals surface area contributed by atoms with Crippen molar-refractivity contribution in [2.24, 2.45) is 5.73 Å². The van der Waals surface area contributed by atoms with Crippen molar-refractivity contribution in [2.75, 3.05) is 19.7 Å². The number of halogens is 4. The number of nitrogens with two attached hydrogens (primary N) is 1. The molecule has 0 radical (unpaired) electrons. The zero-order valence-corrected chi connectivity index (χ0v) is 13.6. The molecule has 0 aliphatic carbocycles. The first-order chi connectivity index (χ1) is 10.2. The summed E-state index contributed by atoms with van der Waals surface area (Å²) in [6.07, 6.45) is -2.34. The summed E-state index contributed by atoms with van der Waals surface area (Å²) in [7, 11) is -3.71. The van der Waals surface area contributed by atoms with Crippen LogP contribution in [0, 0.1) is 0 Å². The lowest BCUT2D eigenvalue weighted by Gasteiger charge is -2.29. The van der Waals surface area contributed by atoms with Crippen LogP contribution >= 0.6 is 12.4 Å². The van der Waals surface area contributed by atoms with Gasteiger partial charge in [-0.2, -0.15) is 17.5 Å². The number of sulfonamides is 1. The fourth-order valence-corrected chi connectivity index (χ4v) is 3.44. The van der Waals surface area contributed by atoms with E-state index in [1.54, 1.807) is 0 Å². The van der Waals surface area contributed by atoms with Gasteiger partial charge in [0, 0.05) is 25.2 Å². The second kappa shape index (κ2) is 7.65. The van der Waals surface area contributed by atoms with Crippen molar-refractivity contribution < 1.29 is 26.3 Å². The predicted octanol–water partition coefficient (Wildman–Crippen LogP) is 1.56. The maximum atomic E-state index is 12.3. The van der Waals surface area contributed by atoms with Crippen LogP contribution in [0.4, 0.5) is 13.2 Å². The Labute approximate surface area is 138 Å². The second-order valence-electron chi connectivity index (χ2n) is 4.98. The summed E-state index contributed by atoms with van der Waals surface area (Å²) in [5.74, 6) is -0.281. The molecule has 1 aliphatic heterocycles. The van der Waals surface area contributed by atoms with E-state index < -0.39 is 22.8 Å². The van der Waals surface area contributed by atoms with Crippen LogP contribution in [-0.2, 0) is 10.0 Å². The molecule has 0 saturated carbocycles. The van der Waals surface area contributed by atoms with Crippen molar-refractivity contribution in [3.05, 3.63) is 18.3 Å². The summed E-state index contributed by atoms with van der Waals surface area (Å²) >= 11 is 0. The minimum absolute atomic E-state index is 0. The third-order valence-corrected chi connectivity index (χ3v) is 5.11. The maximum Gasteiger partial charge on any atom is 0.422 e. The first kappa shape index (κ1) is 19.9. The Morgan fingerprint density at radius 1 is 1.30 bits per heavy atom. The molecule has 2 heterocycles. The van der Waals surface area contributed by atoms with Crippen LogP contribution in [0.3, 0.4) is 0 Å². The van der Waals surface area contributed by atoms with Gasteiger partial charge in [0.25, 0.3) is 0 Å². The van der Waals surface area contributed by atoms with Crippen LogP contribution in [0.25, 0.3) is 0 Å². The van der Waals surface area contributed by atoms with E-state index >= 15 is 0 Å². The molecular weight excluding hydrogens is 359 g/mol. The number of ether oxygens (including phenoxy) is 1. The van der Waals surface area contributed by atoms with Gasteiger partial charge in [0.05, 0.1) is 6.20 Å². The Morgan fingerprint density at radius 3 is 2.39 bits per heavy atom. The molecule has 2 rings (SSSR count). The van der Waals surface area contributed by atoms with E-state index in [2.05, 4.69) is 9.72 Å². The lowest BCUT2D eigenvalue weighted by Crippen LogP contribution is -2.42. The quantitative estimate of drug-likeness (QED) is 0.863. The summed E-state index contributed by atoms with van der Waals surface area (Å²) in [5.41, 5.74) is 5.72. The van der Waals surface area contributed by atoms with Crippen LogP contribution in [0.15, 0.2) is 23.2 Å². The molecule has 0 unspecified atom stereocenters. The molecule has 1 saturated heterocycles. The number of hydrogen-bond acceptors (Lipinski definition) is 5. The van der Waals surface area contributed by atoms with E-state index in [1.165, 1.54) is 10.4 Å².